The van der Waals surface area contributed by atoms with Gasteiger partial charge < -0.3 is 0 Å². The highest BCUT2D eigenvalue weighted by atomic mass is 35.5. The number of allylic oxidation sites excluding steroid dienone is 1. The number of halogens is 1. The molecule has 0 N–H and O–H groups in total. The molecule has 1 aromatic heterocycles. The van der Waals surface area contributed by atoms with Crippen LogP contribution < -0.4 is 0 Å². The molecule has 3 heteroatoms. The van der Waals surface area contributed by atoms with Crippen LogP contribution in [0.2, 0.25) is 5.02 Å². The number of carbonyl (C=O) groups is 1. The van der Waals surface area contributed by atoms with Crippen molar-refractivity contribution in [1.82, 2.24) is 4.98 Å². The van der Waals surface area contributed by atoms with Crippen LogP contribution in [0.25, 0.3) is 6.08 Å². The molecule has 0 aliphatic heterocycles. The van der Waals surface area contributed by atoms with Crippen LogP contribution in [0.4, 0.5) is 0 Å². The summed E-state index contributed by atoms with van der Waals surface area (Å²) in [5, 5.41) is 0.645. The van der Waals surface area contributed by atoms with Crippen LogP contribution in [-0.2, 0) is 12.8 Å². The zero-order valence-corrected chi connectivity index (χ0v) is 13.4. The van der Waals surface area contributed by atoms with Crippen LogP contribution >= 0.6 is 11.6 Å². The van der Waals surface area contributed by atoms with Gasteiger partial charge in [-0.25, -0.2) is 0 Å². The Hall–Kier alpha value is -1.93. The number of rotatable bonds is 3. The van der Waals surface area contributed by atoms with E-state index in [1.54, 1.807) is 12.2 Å². The van der Waals surface area contributed by atoms with E-state index < -0.39 is 0 Å². The van der Waals surface area contributed by atoms with Crippen LogP contribution in [0, 0.1) is 6.92 Å². The van der Waals surface area contributed by atoms with Gasteiger partial charge in [0, 0.05) is 22.0 Å². The van der Waals surface area contributed by atoms with Gasteiger partial charge in [-0.3, -0.25) is 9.78 Å². The minimum absolute atomic E-state index is 0.0155. The third kappa shape index (κ3) is 3.12. The summed E-state index contributed by atoms with van der Waals surface area (Å²) in [6, 6.07) is 9.51. The summed E-state index contributed by atoms with van der Waals surface area (Å²) >= 11 is 6.10. The fourth-order valence-electron chi connectivity index (χ4n) is 2.85. The molecule has 0 fully saturated rings. The minimum atomic E-state index is -0.0155. The molecule has 0 atom stereocenters. The number of nitrogens with zero attached hydrogens (tertiary/aromatic N) is 1. The highest BCUT2D eigenvalue weighted by Gasteiger charge is 2.15. The van der Waals surface area contributed by atoms with Crippen molar-refractivity contribution in [2.45, 2.75) is 32.6 Å². The molecule has 2 nitrogen and oxygen atoms in total. The molecule has 1 aliphatic rings. The zero-order chi connectivity index (χ0) is 15.5. The summed E-state index contributed by atoms with van der Waals surface area (Å²) in [6.45, 7) is 1.91. The Bertz CT molecular complexity index is 749. The first-order valence-electron chi connectivity index (χ1n) is 7.61. The largest absolute Gasteiger partial charge is 0.289 e. The third-order valence-corrected chi connectivity index (χ3v) is 4.42. The van der Waals surface area contributed by atoms with Gasteiger partial charge in [0.15, 0.2) is 5.78 Å². The van der Waals surface area contributed by atoms with Gasteiger partial charge >= 0.3 is 0 Å². The van der Waals surface area contributed by atoms with Gasteiger partial charge in [-0.15, -0.1) is 0 Å². The average Bonchev–Trinajstić information content (AvgIpc) is 2.53. The van der Waals surface area contributed by atoms with Crippen molar-refractivity contribution in [2.24, 2.45) is 0 Å². The summed E-state index contributed by atoms with van der Waals surface area (Å²) in [5.74, 6) is -0.0155. The van der Waals surface area contributed by atoms with E-state index >= 15 is 0 Å². The Morgan fingerprint density at radius 1 is 1.23 bits per heavy atom. The molecule has 0 radical (unpaired) electrons. The molecule has 0 bridgehead atoms. The molecule has 0 spiro atoms. The van der Waals surface area contributed by atoms with Crippen molar-refractivity contribution in [3.05, 3.63) is 69.5 Å². The second-order valence-corrected chi connectivity index (χ2v) is 6.06. The lowest BCUT2D eigenvalue weighted by atomic mass is 9.93. The number of hydrogen-bond acceptors (Lipinski definition) is 2. The maximum atomic E-state index is 12.5. The van der Waals surface area contributed by atoms with Crippen LogP contribution in [0.1, 0.15) is 45.7 Å². The Balaban J connectivity index is 1.88. The molecule has 2 aromatic rings. The number of hydrogen-bond donors (Lipinski definition) is 0. The summed E-state index contributed by atoms with van der Waals surface area (Å²) in [6.07, 6.45) is 7.78. The van der Waals surface area contributed by atoms with Crippen molar-refractivity contribution in [1.29, 1.82) is 0 Å². The summed E-state index contributed by atoms with van der Waals surface area (Å²) in [5.41, 5.74) is 4.75. The summed E-state index contributed by atoms with van der Waals surface area (Å²) in [7, 11) is 0. The Labute approximate surface area is 135 Å². The van der Waals surface area contributed by atoms with Crippen molar-refractivity contribution in [3.8, 4) is 0 Å². The van der Waals surface area contributed by atoms with Gasteiger partial charge in [0.05, 0.1) is 0 Å². The molecule has 1 aliphatic carbocycles. The normalized spacial score (nSPS) is 14.1. The monoisotopic (exact) mass is 311 g/mol. The maximum absolute atomic E-state index is 12.5. The maximum Gasteiger partial charge on any atom is 0.187 e. The van der Waals surface area contributed by atoms with Crippen LogP contribution in [0.15, 0.2) is 36.4 Å². The molecule has 1 aromatic carbocycles. The van der Waals surface area contributed by atoms with Gasteiger partial charge in [-0.1, -0.05) is 29.8 Å². The van der Waals surface area contributed by atoms with E-state index in [1.807, 2.05) is 37.3 Å². The van der Waals surface area contributed by atoms with Crippen LogP contribution in [-0.4, -0.2) is 10.8 Å². The van der Waals surface area contributed by atoms with Crippen molar-refractivity contribution >= 4 is 23.5 Å². The highest BCUT2D eigenvalue weighted by molar-refractivity contribution is 6.32. The lowest BCUT2D eigenvalue weighted by Gasteiger charge is -2.16. The minimum Gasteiger partial charge on any atom is -0.289 e. The molecule has 0 unspecified atom stereocenters. The number of aryl methyl sites for hydroxylation is 3. The first-order valence-corrected chi connectivity index (χ1v) is 7.99. The van der Waals surface area contributed by atoms with E-state index in [4.69, 9.17) is 11.6 Å². The second-order valence-electron chi connectivity index (χ2n) is 5.65. The molecule has 0 saturated heterocycles. The number of aromatic nitrogens is 1. The molecule has 22 heavy (non-hydrogen) atoms. The summed E-state index contributed by atoms with van der Waals surface area (Å²) < 4.78 is 0. The summed E-state index contributed by atoms with van der Waals surface area (Å²) in [4.78, 5) is 17.1. The molecule has 3 rings (SSSR count). The lowest BCUT2D eigenvalue weighted by Crippen LogP contribution is -2.10. The van der Waals surface area contributed by atoms with E-state index in [0.29, 0.717) is 10.6 Å². The first-order chi connectivity index (χ1) is 10.6. The molecule has 0 saturated carbocycles. The average molecular weight is 312 g/mol. The van der Waals surface area contributed by atoms with Gasteiger partial charge in [0.1, 0.15) is 0 Å². The number of benzene rings is 1. The van der Waals surface area contributed by atoms with Gasteiger partial charge in [0.25, 0.3) is 0 Å². The zero-order valence-electron chi connectivity index (χ0n) is 12.6. The molecule has 1 heterocycles. The van der Waals surface area contributed by atoms with E-state index in [2.05, 4.69) is 4.98 Å². The van der Waals surface area contributed by atoms with Crippen LogP contribution in [0.5, 0.6) is 0 Å². The number of pyridine rings is 1. The first kappa shape index (κ1) is 15.0. The topological polar surface area (TPSA) is 30.0 Å². The standard InChI is InChI=1S/C19H18ClNO/c1-13-16(12-15-7-3-5-9-18(15)21-13)19(22)11-10-14-6-2-4-8-17(14)20/h2,4,6,8,10-12H,3,5,7,9H2,1H3/b11-10+. The van der Waals surface area contributed by atoms with Gasteiger partial charge in [-0.05, 0) is 68.0 Å². The molecule has 0 amide bonds. The number of fused-ring (bicyclic) bond motifs is 1. The van der Waals surface area contributed by atoms with Gasteiger partial charge in [0.2, 0.25) is 0 Å². The van der Waals surface area contributed by atoms with E-state index in [1.165, 1.54) is 18.4 Å². The van der Waals surface area contributed by atoms with Crippen molar-refractivity contribution in [3.63, 3.8) is 0 Å². The van der Waals surface area contributed by atoms with E-state index in [0.717, 1.165) is 29.8 Å². The predicted octanol–water partition coefficient (Wildman–Crippen LogP) is 4.82. The molecular formula is C19H18ClNO. The third-order valence-electron chi connectivity index (χ3n) is 4.08. The number of ketones is 1. The highest BCUT2D eigenvalue weighted by Crippen LogP contribution is 2.23. The van der Waals surface area contributed by atoms with Crippen LogP contribution in [0.3, 0.4) is 0 Å². The molecular weight excluding hydrogens is 294 g/mol. The Morgan fingerprint density at radius 2 is 2.00 bits per heavy atom. The lowest BCUT2D eigenvalue weighted by molar-refractivity contribution is 0.104. The predicted molar refractivity (Wildman–Crippen MR) is 90.4 cm³/mol. The quantitative estimate of drug-likeness (QED) is 0.601. The fraction of sp³-hybridized carbons (Fsp3) is 0.263. The van der Waals surface area contributed by atoms with Crippen molar-refractivity contribution in [2.75, 3.05) is 0 Å². The second kappa shape index (κ2) is 6.45. The Morgan fingerprint density at radius 3 is 2.82 bits per heavy atom. The van der Waals surface area contributed by atoms with Gasteiger partial charge in [-0.2, -0.15) is 0 Å². The van der Waals surface area contributed by atoms with E-state index in [9.17, 15) is 4.79 Å². The molecule has 112 valence electrons. The smallest absolute Gasteiger partial charge is 0.187 e. The van der Waals surface area contributed by atoms with E-state index in [-0.39, 0.29) is 5.78 Å². The van der Waals surface area contributed by atoms with Crippen molar-refractivity contribution < 1.29 is 4.79 Å². The SMILES string of the molecule is Cc1nc2c(cc1C(=O)/C=C/c1ccccc1Cl)CCCC2. The number of carbonyl (C=O) groups excluding carboxylic acids is 1. The fourth-order valence-corrected chi connectivity index (χ4v) is 3.05. The Kier molecular flexibility index (Phi) is 4.39.